The second-order valence-electron chi connectivity index (χ2n) is 16.1. The predicted molar refractivity (Wildman–Crippen MR) is 227 cm³/mol. The van der Waals surface area contributed by atoms with E-state index in [1.54, 1.807) is 11.3 Å². The van der Waals surface area contributed by atoms with Gasteiger partial charge in [-0.25, -0.2) is 0 Å². The number of aromatic nitrogens is 1. The molecule has 2 heterocycles. The quantitative estimate of drug-likeness (QED) is 0.0770. The van der Waals surface area contributed by atoms with Crippen LogP contribution < -0.4 is 0 Å². The monoisotopic (exact) mass is 963 g/mol. The molecule has 1 N–H and O–H groups in total. The normalized spacial score (nSPS) is 12.4. The first-order valence-electron chi connectivity index (χ1n) is 19.7. The van der Waals surface area contributed by atoms with Gasteiger partial charge in [-0.1, -0.05) is 102 Å². The molecular weight excluding hydrogens is 904 g/mol. The molecule has 0 aliphatic carbocycles. The van der Waals surface area contributed by atoms with Crippen LogP contribution in [0.5, 0.6) is 0 Å². The summed E-state index contributed by atoms with van der Waals surface area (Å²) in [6.07, 6.45) is 2.47. The molecule has 3 nitrogen and oxygen atoms in total. The van der Waals surface area contributed by atoms with Gasteiger partial charge in [0.1, 0.15) is 0 Å². The van der Waals surface area contributed by atoms with E-state index < -0.39 is 11.6 Å². The van der Waals surface area contributed by atoms with Gasteiger partial charge >= 0.3 is 6.18 Å². The first-order chi connectivity index (χ1) is 25.8. The minimum atomic E-state index is -4.25. The van der Waals surface area contributed by atoms with Crippen molar-refractivity contribution in [3.05, 3.63) is 99.9 Å². The number of hydrogen-bond donors (Lipinski definition) is 1. The van der Waals surface area contributed by atoms with E-state index in [0.717, 1.165) is 74.0 Å². The molecule has 5 aromatic rings. The van der Waals surface area contributed by atoms with Gasteiger partial charge in [-0.2, -0.15) is 13.2 Å². The van der Waals surface area contributed by atoms with Gasteiger partial charge in [-0.15, -0.1) is 40.5 Å². The van der Waals surface area contributed by atoms with Crippen molar-refractivity contribution in [3.63, 3.8) is 0 Å². The summed E-state index contributed by atoms with van der Waals surface area (Å²) < 4.78 is 41.6. The van der Waals surface area contributed by atoms with Crippen LogP contribution in [0.3, 0.4) is 0 Å². The number of rotatable bonds is 12. The average molecular weight is 963 g/mol. The van der Waals surface area contributed by atoms with Crippen molar-refractivity contribution in [2.45, 2.75) is 127 Å². The van der Waals surface area contributed by atoms with Gasteiger partial charge in [0.2, 0.25) is 0 Å². The summed E-state index contributed by atoms with van der Waals surface area (Å²) >= 11 is 1.70. The molecule has 0 spiro atoms. The van der Waals surface area contributed by atoms with Gasteiger partial charge in [-0.05, 0) is 99.4 Å². The number of halogens is 3. The molecule has 2 aromatic heterocycles. The maximum Gasteiger partial charge on any atom is 0.394 e. The van der Waals surface area contributed by atoms with Crippen molar-refractivity contribution in [1.29, 1.82) is 0 Å². The largest absolute Gasteiger partial charge is 0.512 e. The number of carbonyl (C=O) groups excluding carboxylic acids is 1. The van der Waals surface area contributed by atoms with Gasteiger partial charge in [0.25, 0.3) is 0 Å². The standard InChI is InChI=1S/C35H35F3NS.C13H24O2.Ir/c1-19(2)29-17-26(16-25-14-20(3)21(4)15-30(25)29)31-33-28(11-12-39-31)23(6)32(40-33)27-10-9-24(13-22(27)5)18-34(7,8)35(36,37)38;1-5-10(6-2)12(14)9-13(15)11(7-3)8-4;/h9-15,17,19H,18H2,1-8H3;9-11,14H,5-8H2,1-4H3;/q-1;;/b;12-9-;. The van der Waals surface area contributed by atoms with Crippen LogP contribution >= 0.6 is 11.3 Å². The number of allylic oxidation sites excluding steroid dienone is 2. The molecule has 0 atom stereocenters. The summed E-state index contributed by atoms with van der Waals surface area (Å²) in [6, 6.07) is 18.2. The Balaban J connectivity index is 0.000000448. The van der Waals surface area contributed by atoms with Crippen LogP contribution in [-0.2, 0) is 31.3 Å². The molecule has 0 bridgehead atoms. The van der Waals surface area contributed by atoms with Gasteiger partial charge in [0.05, 0.1) is 11.2 Å². The maximum atomic E-state index is 13.5. The predicted octanol–water partition coefficient (Wildman–Crippen LogP) is 14.9. The van der Waals surface area contributed by atoms with E-state index >= 15 is 0 Å². The third kappa shape index (κ3) is 10.4. The summed E-state index contributed by atoms with van der Waals surface area (Å²) in [5.41, 5.74) is 7.81. The third-order valence-corrected chi connectivity index (χ3v) is 12.6. The second kappa shape index (κ2) is 19.4. The molecule has 0 saturated carbocycles. The first-order valence-corrected chi connectivity index (χ1v) is 20.6. The van der Waals surface area contributed by atoms with Crippen LogP contribution in [0.2, 0.25) is 0 Å². The summed E-state index contributed by atoms with van der Waals surface area (Å²) in [6.45, 7) is 23.4. The number of alkyl halides is 3. The Morgan fingerprint density at radius 1 is 0.857 bits per heavy atom. The molecule has 1 radical (unpaired) electrons. The summed E-state index contributed by atoms with van der Waals surface area (Å²) in [4.78, 5) is 17.7. The molecular formula is C48H59F3IrNO2S-. The number of benzene rings is 3. The van der Waals surface area contributed by atoms with Crippen LogP contribution in [-0.4, -0.2) is 22.1 Å². The Morgan fingerprint density at radius 3 is 2.02 bits per heavy atom. The number of aliphatic hydroxyl groups is 1. The SMILES string of the molecule is CCC(CC)C(=O)/C=C(\O)C(CC)CC.Cc1cc2[c-]c(-c3nccc4c(C)c(-c5ccc(CC(C)(C)C(F)(F)F)cc5C)sc34)cc(C(C)C)c2cc1C.[Ir]. The van der Waals surface area contributed by atoms with Crippen LogP contribution in [0.25, 0.3) is 42.6 Å². The van der Waals surface area contributed by atoms with Gasteiger partial charge in [0.15, 0.2) is 5.78 Å². The molecule has 0 amide bonds. The maximum absolute atomic E-state index is 13.5. The first kappa shape index (κ1) is 47.1. The van der Waals surface area contributed by atoms with Crippen LogP contribution in [0.15, 0.2) is 60.5 Å². The van der Waals surface area contributed by atoms with Crippen molar-refractivity contribution < 1.29 is 43.2 Å². The molecule has 0 aliphatic heterocycles. The van der Waals surface area contributed by atoms with E-state index in [9.17, 15) is 23.1 Å². The molecule has 0 unspecified atom stereocenters. The van der Waals surface area contributed by atoms with Crippen molar-refractivity contribution in [1.82, 2.24) is 4.98 Å². The Morgan fingerprint density at radius 2 is 1.46 bits per heavy atom. The number of fused-ring (bicyclic) bond motifs is 2. The molecule has 0 saturated heterocycles. The zero-order valence-electron chi connectivity index (χ0n) is 35.1. The zero-order valence-corrected chi connectivity index (χ0v) is 38.4. The topological polar surface area (TPSA) is 50.2 Å². The minimum absolute atomic E-state index is 0. The number of carbonyl (C=O) groups is 1. The smallest absolute Gasteiger partial charge is 0.394 e. The number of ketones is 1. The number of aryl methyl sites for hydroxylation is 4. The summed E-state index contributed by atoms with van der Waals surface area (Å²) in [5.74, 6) is 0.896. The molecule has 3 aromatic carbocycles. The molecule has 5 rings (SSSR count). The fraction of sp³-hybridized carbons (Fsp3) is 0.458. The van der Waals surface area contributed by atoms with Gasteiger partial charge in [0, 0.05) is 59.5 Å². The number of thiophene rings is 1. The van der Waals surface area contributed by atoms with Crippen LogP contribution in [0, 0.1) is 51.0 Å². The van der Waals surface area contributed by atoms with E-state index in [1.165, 1.54) is 42.0 Å². The average Bonchev–Trinajstić information content (AvgIpc) is 3.44. The van der Waals surface area contributed by atoms with Crippen molar-refractivity contribution in [3.8, 4) is 21.7 Å². The Labute approximate surface area is 350 Å². The minimum Gasteiger partial charge on any atom is -0.512 e. The zero-order chi connectivity index (χ0) is 41.0. The number of hydrogen-bond acceptors (Lipinski definition) is 4. The third-order valence-electron chi connectivity index (χ3n) is 11.3. The molecule has 0 fully saturated rings. The van der Waals surface area contributed by atoms with E-state index in [2.05, 4.69) is 65.0 Å². The van der Waals surface area contributed by atoms with Crippen molar-refractivity contribution >= 4 is 38.0 Å². The molecule has 56 heavy (non-hydrogen) atoms. The number of aliphatic hydroxyl groups excluding tert-OH is 1. The molecule has 0 aliphatic rings. The van der Waals surface area contributed by atoms with E-state index in [0.29, 0.717) is 11.5 Å². The van der Waals surface area contributed by atoms with Gasteiger partial charge in [-0.3, -0.25) is 9.78 Å². The Kier molecular flexibility index (Phi) is 16.3. The Hall–Kier alpha value is -3.32. The summed E-state index contributed by atoms with van der Waals surface area (Å²) in [7, 11) is 0. The number of nitrogens with zero attached hydrogens (tertiary/aromatic N) is 1. The van der Waals surface area contributed by atoms with Gasteiger partial charge < -0.3 is 5.11 Å². The second-order valence-corrected chi connectivity index (χ2v) is 17.1. The fourth-order valence-corrected chi connectivity index (χ4v) is 8.65. The van der Waals surface area contributed by atoms with Crippen molar-refractivity contribution in [2.24, 2.45) is 17.3 Å². The molecule has 305 valence electrons. The van der Waals surface area contributed by atoms with E-state index in [4.69, 9.17) is 4.98 Å². The summed E-state index contributed by atoms with van der Waals surface area (Å²) in [5, 5.41) is 13.2. The Bertz CT molecular complexity index is 2170. The fourth-order valence-electron chi connectivity index (χ4n) is 7.26. The molecule has 8 heteroatoms. The van der Waals surface area contributed by atoms with Crippen LogP contribution in [0.4, 0.5) is 13.2 Å². The van der Waals surface area contributed by atoms with E-state index in [-0.39, 0.29) is 49.9 Å². The van der Waals surface area contributed by atoms with Crippen molar-refractivity contribution in [2.75, 3.05) is 0 Å². The van der Waals surface area contributed by atoms with Crippen LogP contribution in [0.1, 0.15) is 120 Å². The van der Waals surface area contributed by atoms with E-state index in [1.807, 2.05) is 59.0 Å². The number of pyridine rings is 1.